The molecule has 0 saturated heterocycles. The predicted octanol–water partition coefficient (Wildman–Crippen LogP) is 2.75. The Labute approximate surface area is 189 Å². The first-order valence-electron chi connectivity index (χ1n) is 10.3. The highest BCUT2D eigenvalue weighted by molar-refractivity contribution is 7.88. The molecule has 9 heteroatoms. The Morgan fingerprint density at radius 1 is 1.00 bits per heavy atom. The molecule has 32 heavy (non-hydrogen) atoms. The minimum Gasteiger partial charge on any atom is -0.334 e. The van der Waals surface area contributed by atoms with Gasteiger partial charge in [0, 0.05) is 18.8 Å². The van der Waals surface area contributed by atoms with Crippen molar-refractivity contribution in [2.75, 3.05) is 11.9 Å². The third-order valence-electron chi connectivity index (χ3n) is 4.56. The van der Waals surface area contributed by atoms with Crippen LogP contribution in [0.5, 0.6) is 0 Å². The summed E-state index contributed by atoms with van der Waals surface area (Å²) in [5, 5.41) is 8.23. The molecule has 2 rings (SSSR count). The van der Waals surface area contributed by atoms with E-state index in [1.165, 1.54) is 6.08 Å². The van der Waals surface area contributed by atoms with Crippen LogP contribution in [0.25, 0.3) is 0 Å². The lowest BCUT2D eigenvalue weighted by Gasteiger charge is -2.22. The minimum absolute atomic E-state index is 0.141. The molecule has 172 valence electrons. The van der Waals surface area contributed by atoms with E-state index in [4.69, 9.17) is 0 Å². The lowest BCUT2D eigenvalue weighted by Crippen LogP contribution is -2.50. The van der Waals surface area contributed by atoms with Crippen LogP contribution in [-0.2, 0) is 27.1 Å². The number of carbonyl (C=O) groups excluding carboxylic acids is 2. The number of carbonyl (C=O) groups is 2. The Morgan fingerprint density at radius 2 is 1.66 bits per heavy atom. The molecular weight excluding hydrogens is 428 g/mol. The zero-order chi connectivity index (χ0) is 23.6. The molecule has 0 aliphatic carbocycles. The maximum absolute atomic E-state index is 12.7. The summed E-state index contributed by atoms with van der Waals surface area (Å²) in [5.41, 5.74) is 2.04. The van der Waals surface area contributed by atoms with Gasteiger partial charge in [-0.05, 0) is 29.2 Å². The lowest BCUT2D eigenvalue weighted by atomic mass is 10.0. The molecule has 0 aromatic heterocycles. The molecule has 0 radical (unpaired) electrons. The number of rotatable bonds is 11. The van der Waals surface area contributed by atoms with Crippen molar-refractivity contribution in [3.05, 3.63) is 78.4 Å². The van der Waals surface area contributed by atoms with Crippen molar-refractivity contribution >= 4 is 27.6 Å². The fourth-order valence-electron chi connectivity index (χ4n) is 2.87. The largest absolute Gasteiger partial charge is 0.334 e. The molecule has 0 saturated carbocycles. The first kappa shape index (κ1) is 25.1. The summed E-state index contributed by atoms with van der Waals surface area (Å²) >= 11 is 0. The van der Waals surface area contributed by atoms with Gasteiger partial charge in [0.2, 0.25) is 15.9 Å². The SMILES string of the molecule is C=CCNS(=O)(=O)Cc1ccc(NC(=O)C(NC(=O)NCc2ccccc2)C(C)C)cc1. The molecule has 0 bridgehead atoms. The van der Waals surface area contributed by atoms with Crippen molar-refractivity contribution in [1.82, 2.24) is 15.4 Å². The van der Waals surface area contributed by atoms with Gasteiger partial charge in [-0.3, -0.25) is 4.79 Å². The summed E-state index contributed by atoms with van der Waals surface area (Å²) < 4.78 is 26.3. The quantitative estimate of drug-likeness (QED) is 0.388. The summed E-state index contributed by atoms with van der Waals surface area (Å²) in [6.45, 7) is 7.68. The number of hydrogen-bond donors (Lipinski definition) is 4. The Hall–Kier alpha value is -3.17. The summed E-state index contributed by atoms with van der Waals surface area (Å²) in [6, 6.07) is 14.8. The van der Waals surface area contributed by atoms with Crippen molar-refractivity contribution < 1.29 is 18.0 Å². The number of anilines is 1. The lowest BCUT2D eigenvalue weighted by molar-refractivity contribution is -0.118. The van der Waals surface area contributed by atoms with Gasteiger partial charge in [0.25, 0.3) is 0 Å². The molecular formula is C23H30N4O4S. The van der Waals surface area contributed by atoms with Crippen molar-refractivity contribution in [3.8, 4) is 0 Å². The summed E-state index contributed by atoms with van der Waals surface area (Å²) in [4.78, 5) is 25.0. The van der Waals surface area contributed by atoms with Crippen LogP contribution in [0.4, 0.5) is 10.5 Å². The van der Waals surface area contributed by atoms with Crippen LogP contribution < -0.4 is 20.7 Å². The standard InChI is InChI=1S/C23H30N4O4S/c1-4-14-25-32(30,31)16-19-10-12-20(13-11-19)26-22(28)21(17(2)3)27-23(29)24-15-18-8-6-5-7-9-18/h4-13,17,21,25H,1,14-16H2,2-3H3,(H,26,28)(H2,24,27,29). The van der Waals surface area contributed by atoms with Crippen molar-refractivity contribution in [2.45, 2.75) is 32.2 Å². The monoisotopic (exact) mass is 458 g/mol. The van der Waals surface area contributed by atoms with E-state index < -0.39 is 22.1 Å². The number of nitrogens with one attached hydrogen (secondary N) is 4. The molecule has 1 atom stereocenters. The Morgan fingerprint density at radius 3 is 2.25 bits per heavy atom. The van der Waals surface area contributed by atoms with E-state index in [1.807, 2.05) is 44.2 Å². The third-order valence-corrected chi connectivity index (χ3v) is 5.88. The fraction of sp³-hybridized carbons (Fsp3) is 0.304. The number of benzene rings is 2. The highest BCUT2D eigenvalue weighted by Gasteiger charge is 2.24. The minimum atomic E-state index is -3.46. The summed E-state index contributed by atoms with van der Waals surface area (Å²) in [7, 11) is -3.46. The Balaban J connectivity index is 1.92. The number of sulfonamides is 1. The van der Waals surface area contributed by atoms with Crippen molar-refractivity contribution in [3.63, 3.8) is 0 Å². The van der Waals surface area contributed by atoms with Crippen molar-refractivity contribution in [1.29, 1.82) is 0 Å². The molecule has 1 unspecified atom stereocenters. The molecule has 0 spiro atoms. The van der Waals surface area contributed by atoms with Crippen LogP contribution >= 0.6 is 0 Å². The Kier molecular flexibility index (Phi) is 9.42. The van der Waals surface area contributed by atoms with E-state index in [0.29, 0.717) is 17.8 Å². The van der Waals surface area contributed by atoms with Crippen LogP contribution in [0.3, 0.4) is 0 Å². The second kappa shape index (κ2) is 12.0. The van der Waals surface area contributed by atoms with E-state index in [0.717, 1.165) is 5.56 Å². The van der Waals surface area contributed by atoms with E-state index in [-0.39, 0.29) is 24.1 Å². The molecule has 0 aliphatic rings. The van der Waals surface area contributed by atoms with Crippen molar-refractivity contribution in [2.24, 2.45) is 5.92 Å². The van der Waals surface area contributed by atoms with Gasteiger partial charge in [-0.25, -0.2) is 17.9 Å². The average Bonchev–Trinajstić information content (AvgIpc) is 2.76. The highest BCUT2D eigenvalue weighted by atomic mass is 32.2. The molecule has 0 heterocycles. The van der Waals surface area contributed by atoms with Gasteiger partial charge in [0.1, 0.15) is 6.04 Å². The zero-order valence-corrected chi connectivity index (χ0v) is 19.1. The van der Waals surface area contributed by atoms with Crippen LogP contribution in [0.1, 0.15) is 25.0 Å². The zero-order valence-electron chi connectivity index (χ0n) is 18.3. The van der Waals surface area contributed by atoms with Gasteiger partial charge in [-0.2, -0.15) is 0 Å². The molecule has 8 nitrogen and oxygen atoms in total. The molecule has 3 amide bonds. The van der Waals surface area contributed by atoms with Gasteiger partial charge < -0.3 is 16.0 Å². The number of amides is 3. The van der Waals surface area contributed by atoms with E-state index in [2.05, 4.69) is 27.3 Å². The fourth-order valence-corrected chi connectivity index (χ4v) is 3.97. The van der Waals surface area contributed by atoms with Gasteiger partial charge in [0.15, 0.2) is 0 Å². The molecule has 4 N–H and O–H groups in total. The Bertz CT molecular complexity index is 1010. The molecule has 2 aromatic carbocycles. The second-order valence-corrected chi connectivity index (χ2v) is 9.42. The van der Waals surface area contributed by atoms with E-state index in [9.17, 15) is 18.0 Å². The van der Waals surface area contributed by atoms with Gasteiger partial charge in [-0.15, -0.1) is 6.58 Å². The van der Waals surface area contributed by atoms with E-state index in [1.54, 1.807) is 24.3 Å². The average molecular weight is 459 g/mol. The molecule has 0 fully saturated rings. The van der Waals surface area contributed by atoms with Gasteiger partial charge in [-0.1, -0.05) is 62.4 Å². The van der Waals surface area contributed by atoms with Crippen LogP contribution in [0.15, 0.2) is 67.3 Å². The van der Waals surface area contributed by atoms with E-state index >= 15 is 0 Å². The number of hydrogen-bond acceptors (Lipinski definition) is 4. The summed E-state index contributed by atoms with van der Waals surface area (Å²) in [5.74, 6) is -0.673. The smallest absolute Gasteiger partial charge is 0.315 e. The maximum atomic E-state index is 12.7. The predicted molar refractivity (Wildman–Crippen MR) is 126 cm³/mol. The van der Waals surface area contributed by atoms with Gasteiger partial charge >= 0.3 is 6.03 Å². The highest BCUT2D eigenvalue weighted by Crippen LogP contribution is 2.13. The first-order chi connectivity index (χ1) is 15.2. The van der Waals surface area contributed by atoms with Crippen LogP contribution in [0, 0.1) is 5.92 Å². The summed E-state index contributed by atoms with van der Waals surface area (Å²) in [6.07, 6.45) is 1.47. The normalized spacial score (nSPS) is 12.1. The van der Waals surface area contributed by atoms with Crippen LogP contribution in [-0.4, -0.2) is 32.9 Å². The molecule has 2 aromatic rings. The van der Waals surface area contributed by atoms with Crippen LogP contribution in [0.2, 0.25) is 0 Å². The second-order valence-electron chi connectivity index (χ2n) is 7.62. The molecule has 0 aliphatic heterocycles. The third kappa shape index (κ3) is 8.52. The van der Waals surface area contributed by atoms with Gasteiger partial charge in [0.05, 0.1) is 5.75 Å². The first-order valence-corrected chi connectivity index (χ1v) is 11.9. The number of urea groups is 1. The maximum Gasteiger partial charge on any atom is 0.315 e. The topological polar surface area (TPSA) is 116 Å².